The lowest BCUT2D eigenvalue weighted by molar-refractivity contribution is -0.605. The molecule has 8 nitrogen and oxygen atoms in total. The van der Waals surface area contributed by atoms with Gasteiger partial charge in [-0.15, -0.1) is 0 Å². The van der Waals surface area contributed by atoms with Gasteiger partial charge in [-0.2, -0.15) is 4.73 Å². The largest absolute Gasteiger partial charge is 0.619 e. The lowest BCUT2D eigenvalue weighted by atomic mass is 10.2. The Labute approximate surface area is 155 Å². The molecule has 1 aliphatic carbocycles. The quantitative estimate of drug-likeness (QED) is 0.503. The van der Waals surface area contributed by atoms with Gasteiger partial charge in [0.1, 0.15) is 0 Å². The zero-order chi connectivity index (χ0) is 18.9. The minimum atomic E-state index is -0.681. The first-order valence-electron chi connectivity index (χ1n) is 8.71. The standard InChI is InChI=1S/C19H18N2O6/c22-17(12-25-18(23)13-5-9-21(24)10-6-13)20-14-3-4-15-16(11-14)27-19(26-15)7-1-2-8-19/h3-6,9-11H,1-2,7-8,12H2,(H,20,22). The number of ether oxygens (including phenoxy) is 3. The highest BCUT2D eigenvalue weighted by atomic mass is 16.7. The molecule has 1 N–H and O–H groups in total. The number of nitrogens with one attached hydrogen (secondary N) is 1. The predicted molar refractivity (Wildman–Crippen MR) is 93.2 cm³/mol. The third-order valence-corrected chi connectivity index (χ3v) is 4.56. The van der Waals surface area contributed by atoms with Crippen molar-refractivity contribution in [3.8, 4) is 11.5 Å². The number of nitrogens with zero attached hydrogens (tertiary/aromatic N) is 1. The van der Waals surface area contributed by atoms with Crippen molar-refractivity contribution in [1.29, 1.82) is 0 Å². The van der Waals surface area contributed by atoms with Crippen LogP contribution in [0.5, 0.6) is 11.5 Å². The Kier molecular flexibility index (Phi) is 4.31. The minimum Gasteiger partial charge on any atom is -0.619 e. The number of rotatable bonds is 4. The van der Waals surface area contributed by atoms with E-state index in [4.69, 9.17) is 14.2 Å². The van der Waals surface area contributed by atoms with Crippen molar-refractivity contribution in [2.24, 2.45) is 0 Å². The summed E-state index contributed by atoms with van der Waals surface area (Å²) < 4.78 is 17.4. The molecule has 1 spiro atoms. The van der Waals surface area contributed by atoms with Crippen molar-refractivity contribution in [1.82, 2.24) is 0 Å². The predicted octanol–water partition coefficient (Wildman–Crippen LogP) is 2.16. The smallest absolute Gasteiger partial charge is 0.339 e. The zero-order valence-corrected chi connectivity index (χ0v) is 14.5. The first-order valence-corrected chi connectivity index (χ1v) is 8.71. The summed E-state index contributed by atoms with van der Waals surface area (Å²) in [7, 11) is 0. The maximum Gasteiger partial charge on any atom is 0.339 e. The average molecular weight is 370 g/mol. The number of hydrogen-bond donors (Lipinski definition) is 1. The molecule has 1 amide bonds. The molecule has 1 fully saturated rings. The zero-order valence-electron chi connectivity index (χ0n) is 14.5. The number of pyridine rings is 1. The fourth-order valence-corrected chi connectivity index (χ4v) is 3.25. The maximum absolute atomic E-state index is 12.0. The summed E-state index contributed by atoms with van der Waals surface area (Å²) in [5, 5.41) is 13.6. The molecular weight excluding hydrogens is 352 g/mol. The van der Waals surface area contributed by atoms with Gasteiger partial charge in [0.05, 0.1) is 5.56 Å². The van der Waals surface area contributed by atoms with Gasteiger partial charge < -0.3 is 24.7 Å². The van der Waals surface area contributed by atoms with Crippen LogP contribution in [0.4, 0.5) is 5.69 Å². The van der Waals surface area contributed by atoms with Crippen molar-refractivity contribution in [2.75, 3.05) is 11.9 Å². The van der Waals surface area contributed by atoms with Gasteiger partial charge in [0.2, 0.25) is 0 Å². The number of carbonyl (C=O) groups excluding carboxylic acids is 2. The fraction of sp³-hybridized carbons (Fsp3) is 0.316. The van der Waals surface area contributed by atoms with Gasteiger partial charge in [-0.1, -0.05) is 0 Å². The molecule has 2 heterocycles. The first kappa shape index (κ1) is 17.1. The minimum absolute atomic E-state index is 0.194. The second kappa shape index (κ2) is 6.79. The van der Waals surface area contributed by atoms with Gasteiger partial charge in [-0.25, -0.2) is 4.79 Å². The Balaban J connectivity index is 1.33. The van der Waals surface area contributed by atoms with E-state index in [0.29, 0.717) is 21.9 Å². The summed E-state index contributed by atoms with van der Waals surface area (Å²) in [6.07, 6.45) is 6.20. The number of carbonyl (C=O) groups is 2. The highest BCUT2D eigenvalue weighted by molar-refractivity contribution is 5.95. The third-order valence-electron chi connectivity index (χ3n) is 4.56. The van der Waals surface area contributed by atoms with E-state index in [1.807, 2.05) is 0 Å². The van der Waals surface area contributed by atoms with Crippen LogP contribution in [-0.4, -0.2) is 24.3 Å². The van der Waals surface area contributed by atoms with E-state index < -0.39 is 24.3 Å². The Morgan fingerprint density at radius 2 is 1.81 bits per heavy atom. The summed E-state index contributed by atoms with van der Waals surface area (Å²) in [6.45, 7) is -0.441. The second-order valence-electron chi connectivity index (χ2n) is 6.55. The molecule has 1 saturated carbocycles. The fourth-order valence-electron chi connectivity index (χ4n) is 3.25. The summed E-state index contributed by atoms with van der Waals surface area (Å²) in [5.74, 6) is -0.451. The molecule has 0 radical (unpaired) electrons. The third kappa shape index (κ3) is 3.64. The maximum atomic E-state index is 12.0. The number of anilines is 1. The molecule has 1 aromatic carbocycles. The van der Waals surface area contributed by atoms with Crippen LogP contribution in [0.25, 0.3) is 0 Å². The molecule has 1 aliphatic heterocycles. The van der Waals surface area contributed by atoms with Crippen molar-refractivity contribution < 1.29 is 28.5 Å². The summed E-state index contributed by atoms with van der Waals surface area (Å²) in [4.78, 5) is 23.9. The normalized spacial score (nSPS) is 16.3. The van der Waals surface area contributed by atoms with Crippen LogP contribution in [0.3, 0.4) is 0 Å². The van der Waals surface area contributed by atoms with E-state index in [0.717, 1.165) is 25.7 Å². The van der Waals surface area contributed by atoms with Crippen LogP contribution in [-0.2, 0) is 9.53 Å². The van der Waals surface area contributed by atoms with Crippen LogP contribution in [0.2, 0.25) is 0 Å². The number of benzene rings is 1. The molecule has 0 atom stereocenters. The number of amides is 1. The lowest BCUT2D eigenvalue weighted by Gasteiger charge is -2.21. The summed E-state index contributed by atoms with van der Waals surface area (Å²) in [5.41, 5.74) is 0.723. The average Bonchev–Trinajstić information content (AvgIpc) is 3.26. The van der Waals surface area contributed by atoms with Crippen molar-refractivity contribution in [2.45, 2.75) is 31.5 Å². The molecule has 0 saturated heterocycles. The number of aromatic nitrogens is 1. The number of esters is 1. The molecule has 140 valence electrons. The molecular formula is C19H18N2O6. The van der Waals surface area contributed by atoms with Crippen molar-refractivity contribution in [3.63, 3.8) is 0 Å². The Morgan fingerprint density at radius 1 is 1.11 bits per heavy atom. The van der Waals surface area contributed by atoms with E-state index in [1.165, 1.54) is 24.5 Å². The van der Waals surface area contributed by atoms with Crippen LogP contribution in [0.1, 0.15) is 36.0 Å². The second-order valence-corrected chi connectivity index (χ2v) is 6.55. The number of hydrogen-bond acceptors (Lipinski definition) is 6. The highest BCUT2D eigenvalue weighted by Crippen LogP contribution is 2.47. The molecule has 2 aromatic rings. The SMILES string of the molecule is O=C(COC(=O)c1cc[n+]([O-])cc1)Nc1ccc2c(c1)OC1(CCCC1)O2. The Hall–Kier alpha value is -3.29. The molecule has 1 aromatic heterocycles. The Morgan fingerprint density at radius 3 is 2.56 bits per heavy atom. The molecule has 0 bridgehead atoms. The van der Waals surface area contributed by atoms with E-state index in [1.54, 1.807) is 18.2 Å². The molecule has 8 heteroatoms. The van der Waals surface area contributed by atoms with Gasteiger partial charge in [-0.3, -0.25) is 4.79 Å². The van der Waals surface area contributed by atoms with Gasteiger partial charge in [0.15, 0.2) is 30.5 Å². The van der Waals surface area contributed by atoms with Gasteiger partial charge in [-0.05, 0) is 25.0 Å². The van der Waals surface area contributed by atoms with Crippen LogP contribution < -0.4 is 19.5 Å². The van der Waals surface area contributed by atoms with E-state index >= 15 is 0 Å². The van der Waals surface area contributed by atoms with E-state index in [-0.39, 0.29) is 5.56 Å². The Bertz CT molecular complexity index is 874. The van der Waals surface area contributed by atoms with Crippen LogP contribution in [0, 0.1) is 5.21 Å². The van der Waals surface area contributed by atoms with Gasteiger partial charge >= 0.3 is 5.97 Å². The summed E-state index contributed by atoms with van der Waals surface area (Å²) in [6, 6.07) is 7.81. The van der Waals surface area contributed by atoms with E-state index in [9.17, 15) is 14.8 Å². The highest BCUT2D eigenvalue weighted by Gasteiger charge is 2.44. The van der Waals surface area contributed by atoms with Gasteiger partial charge in [0, 0.05) is 36.7 Å². The van der Waals surface area contributed by atoms with Crippen molar-refractivity contribution in [3.05, 3.63) is 53.5 Å². The van der Waals surface area contributed by atoms with Gasteiger partial charge in [0.25, 0.3) is 11.7 Å². The van der Waals surface area contributed by atoms with Crippen LogP contribution in [0.15, 0.2) is 42.7 Å². The van der Waals surface area contributed by atoms with Crippen molar-refractivity contribution >= 4 is 17.6 Å². The monoisotopic (exact) mass is 370 g/mol. The molecule has 27 heavy (non-hydrogen) atoms. The number of fused-ring (bicyclic) bond motifs is 1. The topological polar surface area (TPSA) is 101 Å². The molecule has 0 unspecified atom stereocenters. The first-order chi connectivity index (χ1) is 13.0. The molecule has 2 aliphatic rings. The van der Waals surface area contributed by atoms with Crippen LogP contribution >= 0.6 is 0 Å². The lowest BCUT2D eigenvalue weighted by Crippen LogP contribution is -2.34. The molecule has 4 rings (SSSR count). The van der Waals surface area contributed by atoms with E-state index in [2.05, 4.69) is 5.32 Å². The summed E-state index contributed by atoms with van der Waals surface area (Å²) >= 11 is 0.